The van der Waals surface area contributed by atoms with E-state index in [-0.39, 0.29) is 0 Å². The number of piperidine rings is 1. The van der Waals surface area contributed by atoms with Crippen LogP contribution in [0, 0.1) is 0 Å². The highest BCUT2D eigenvalue weighted by Crippen LogP contribution is 2.08. The van der Waals surface area contributed by atoms with Crippen LogP contribution in [0.4, 0.5) is 0 Å². The molecule has 1 saturated heterocycles. The molecule has 0 atom stereocenters. The molecule has 1 heterocycles. The summed E-state index contributed by atoms with van der Waals surface area (Å²) in [5.41, 5.74) is 7.16. The van der Waals surface area contributed by atoms with Gasteiger partial charge in [0.05, 0.1) is 11.4 Å². The van der Waals surface area contributed by atoms with E-state index < -0.39 is 0 Å². The number of thiocarbonyl (C=S) groups is 2. The number of rotatable bonds is 10. The molecular formula is C18H36N8S2. The van der Waals surface area contributed by atoms with Gasteiger partial charge >= 0.3 is 0 Å². The van der Waals surface area contributed by atoms with Crippen LogP contribution in [0.15, 0.2) is 10.2 Å². The number of hydrogen-bond donors (Lipinski definition) is 4. The monoisotopic (exact) mass is 428 g/mol. The molecule has 0 spiro atoms. The van der Waals surface area contributed by atoms with Crippen LogP contribution in [0.5, 0.6) is 0 Å². The van der Waals surface area contributed by atoms with Gasteiger partial charge in [0.15, 0.2) is 10.2 Å². The molecule has 1 rings (SSSR count). The van der Waals surface area contributed by atoms with Crippen molar-refractivity contribution in [3.8, 4) is 0 Å². The van der Waals surface area contributed by atoms with E-state index in [0.717, 1.165) is 44.0 Å². The van der Waals surface area contributed by atoms with Gasteiger partial charge in [-0.25, -0.2) is 0 Å². The Morgan fingerprint density at radius 3 is 1.96 bits per heavy atom. The lowest BCUT2D eigenvalue weighted by Crippen LogP contribution is -2.37. The first-order chi connectivity index (χ1) is 13.4. The maximum atomic E-state index is 5.27. The van der Waals surface area contributed by atoms with Crippen molar-refractivity contribution in [2.75, 3.05) is 53.4 Å². The molecule has 160 valence electrons. The second-order valence-electron chi connectivity index (χ2n) is 7.19. The summed E-state index contributed by atoms with van der Waals surface area (Å²) >= 11 is 10.5. The second-order valence-corrected chi connectivity index (χ2v) is 8.01. The molecule has 0 aromatic rings. The highest BCUT2D eigenvalue weighted by Gasteiger charge is 2.08. The van der Waals surface area contributed by atoms with Gasteiger partial charge in [0.1, 0.15) is 0 Å². The lowest BCUT2D eigenvalue weighted by molar-refractivity contribution is 0.227. The number of hydrazone groups is 2. The summed E-state index contributed by atoms with van der Waals surface area (Å²) in [6.07, 6.45) is 5.10. The van der Waals surface area contributed by atoms with Gasteiger partial charge in [0.2, 0.25) is 0 Å². The van der Waals surface area contributed by atoms with Crippen molar-refractivity contribution in [1.82, 2.24) is 31.3 Å². The van der Waals surface area contributed by atoms with Crippen LogP contribution in [-0.2, 0) is 0 Å². The molecule has 0 unspecified atom stereocenters. The highest BCUT2D eigenvalue weighted by molar-refractivity contribution is 7.80. The van der Waals surface area contributed by atoms with E-state index in [1.54, 1.807) is 0 Å². The average molecular weight is 429 g/mol. The van der Waals surface area contributed by atoms with Crippen molar-refractivity contribution in [2.45, 2.75) is 39.5 Å². The summed E-state index contributed by atoms with van der Waals surface area (Å²) in [5, 5.41) is 15.8. The fourth-order valence-corrected chi connectivity index (χ4v) is 2.89. The molecule has 28 heavy (non-hydrogen) atoms. The molecule has 10 heteroatoms. The molecule has 0 aromatic carbocycles. The molecule has 0 aromatic heterocycles. The first kappa shape index (κ1) is 24.7. The Morgan fingerprint density at radius 1 is 0.893 bits per heavy atom. The van der Waals surface area contributed by atoms with E-state index in [0.29, 0.717) is 10.2 Å². The van der Waals surface area contributed by atoms with Gasteiger partial charge in [-0.2, -0.15) is 10.2 Å². The van der Waals surface area contributed by atoms with Gasteiger partial charge in [-0.3, -0.25) is 10.9 Å². The van der Waals surface area contributed by atoms with E-state index in [2.05, 4.69) is 41.5 Å². The standard InChI is InChI=1S/C18H36N8S2/c1-15(16(2)22-24-18(28)20-10-14-25(3)4)21-23-17(27)19-9-8-13-26-11-6-5-7-12-26/h5-14H2,1-4H3,(H2,19,23,27)(H2,20,24,28)/b21-15-,22-16-. The number of nitrogens with one attached hydrogen (secondary N) is 4. The van der Waals surface area contributed by atoms with Crippen LogP contribution in [0.2, 0.25) is 0 Å². The molecule has 1 aliphatic heterocycles. The number of nitrogens with zero attached hydrogens (tertiary/aromatic N) is 4. The van der Waals surface area contributed by atoms with Gasteiger partial charge in [-0.05, 0) is 91.3 Å². The smallest absolute Gasteiger partial charge is 0.187 e. The van der Waals surface area contributed by atoms with E-state index >= 15 is 0 Å². The third-order valence-electron chi connectivity index (χ3n) is 4.40. The Bertz CT molecular complexity index is 542. The SMILES string of the molecule is CC(=N/NC(=S)NCCCN1CCCCC1)/C(C)=N\NC(=S)NCCN(C)C. The Balaban J connectivity index is 2.19. The van der Waals surface area contributed by atoms with Crippen LogP contribution >= 0.6 is 24.4 Å². The summed E-state index contributed by atoms with van der Waals surface area (Å²) in [7, 11) is 4.03. The van der Waals surface area contributed by atoms with Crippen molar-refractivity contribution in [1.29, 1.82) is 0 Å². The van der Waals surface area contributed by atoms with Crippen molar-refractivity contribution in [3.63, 3.8) is 0 Å². The minimum absolute atomic E-state index is 0.493. The van der Waals surface area contributed by atoms with Crippen LogP contribution in [-0.4, -0.2) is 84.8 Å². The number of hydrogen-bond acceptors (Lipinski definition) is 6. The van der Waals surface area contributed by atoms with Gasteiger partial charge in [-0.15, -0.1) is 0 Å². The topological polar surface area (TPSA) is 79.3 Å². The third kappa shape index (κ3) is 12.2. The molecule has 0 aliphatic carbocycles. The van der Waals surface area contributed by atoms with Crippen LogP contribution < -0.4 is 21.5 Å². The van der Waals surface area contributed by atoms with E-state index in [9.17, 15) is 0 Å². The zero-order valence-electron chi connectivity index (χ0n) is 17.7. The zero-order valence-corrected chi connectivity index (χ0v) is 19.3. The van der Waals surface area contributed by atoms with Crippen molar-refractivity contribution < 1.29 is 0 Å². The van der Waals surface area contributed by atoms with E-state index in [1.165, 1.54) is 32.4 Å². The lowest BCUT2D eigenvalue weighted by atomic mass is 10.1. The summed E-state index contributed by atoms with van der Waals surface area (Å²) in [5.74, 6) is 0. The highest BCUT2D eigenvalue weighted by atomic mass is 32.1. The predicted molar refractivity (Wildman–Crippen MR) is 127 cm³/mol. The maximum absolute atomic E-state index is 5.27. The van der Waals surface area contributed by atoms with Crippen molar-refractivity contribution >= 4 is 46.1 Å². The Kier molecular flexibility index (Phi) is 12.9. The fourth-order valence-electron chi connectivity index (χ4n) is 2.59. The molecule has 0 radical (unpaired) electrons. The van der Waals surface area contributed by atoms with Gasteiger partial charge in [-0.1, -0.05) is 6.42 Å². The van der Waals surface area contributed by atoms with Crippen molar-refractivity contribution in [3.05, 3.63) is 0 Å². The normalized spacial score (nSPS) is 16.0. The van der Waals surface area contributed by atoms with Gasteiger partial charge in [0, 0.05) is 19.6 Å². The van der Waals surface area contributed by atoms with E-state index in [1.807, 2.05) is 27.9 Å². The zero-order chi connectivity index (χ0) is 20.8. The minimum atomic E-state index is 0.493. The predicted octanol–water partition coefficient (Wildman–Crippen LogP) is 1.10. The third-order valence-corrected chi connectivity index (χ3v) is 4.88. The Morgan fingerprint density at radius 2 is 1.43 bits per heavy atom. The molecule has 4 N–H and O–H groups in total. The molecule has 8 nitrogen and oxygen atoms in total. The second kappa shape index (κ2) is 14.6. The molecule has 1 aliphatic rings. The molecule has 0 amide bonds. The first-order valence-electron chi connectivity index (χ1n) is 9.92. The van der Waals surface area contributed by atoms with Crippen LogP contribution in [0.1, 0.15) is 39.5 Å². The lowest BCUT2D eigenvalue weighted by Gasteiger charge is -2.26. The number of likely N-dealkylation sites (tertiary alicyclic amines) is 1. The van der Waals surface area contributed by atoms with Crippen molar-refractivity contribution in [2.24, 2.45) is 10.2 Å². The fraction of sp³-hybridized carbons (Fsp3) is 0.778. The maximum Gasteiger partial charge on any atom is 0.187 e. The first-order valence-corrected chi connectivity index (χ1v) is 10.7. The molecular weight excluding hydrogens is 392 g/mol. The molecule has 0 saturated carbocycles. The summed E-state index contributed by atoms with van der Waals surface area (Å²) in [6.45, 7) is 9.83. The van der Waals surface area contributed by atoms with E-state index in [4.69, 9.17) is 24.4 Å². The largest absolute Gasteiger partial charge is 0.361 e. The Labute approximate surface area is 180 Å². The number of likely N-dealkylation sites (N-methyl/N-ethyl adjacent to an activating group) is 1. The van der Waals surface area contributed by atoms with Gasteiger partial charge in [0.25, 0.3) is 0 Å². The van der Waals surface area contributed by atoms with Crippen LogP contribution in [0.25, 0.3) is 0 Å². The summed E-state index contributed by atoms with van der Waals surface area (Å²) in [4.78, 5) is 4.60. The van der Waals surface area contributed by atoms with Crippen LogP contribution in [0.3, 0.4) is 0 Å². The molecule has 0 bridgehead atoms. The average Bonchev–Trinajstić information content (AvgIpc) is 2.68. The summed E-state index contributed by atoms with van der Waals surface area (Å²) in [6, 6.07) is 0. The summed E-state index contributed by atoms with van der Waals surface area (Å²) < 4.78 is 0. The quantitative estimate of drug-likeness (QED) is 0.178. The molecule has 1 fully saturated rings. The Hall–Kier alpha value is -1.36. The van der Waals surface area contributed by atoms with Gasteiger partial charge < -0.3 is 20.4 Å². The minimum Gasteiger partial charge on any atom is -0.361 e.